The molecule has 0 fully saturated rings. The average Bonchev–Trinajstić information content (AvgIpc) is 0.965. The molecular formula is C81H158O17P2. The molecule has 17 nitrogen and oxygen atoms in total. The fraction of sp³-hybridized carbons (Fsp3) is 0.951. The predicted molar refractivity (Wildman–Crippen MR) is 409 cm³/mol. The molecule has 5 atom stereocenters. The molecule has 0 aliphatic carbocycles. The number of aliphatic hydroxyl groups is 1. The lowest BCUT2D eigenvalue weighted by Crippen LogP contribution is -2.30. The number of phosphoric ester groups is 2. The number of rotatable bonds is 80. The Balaban J connectivity index is 5.21. The fourth-order valence-electron chi connectivity index (χ4n) is 12.5. The fourth-order valence-corrected chi connectivity index (χ4v) is 14.1. The molecule has 594 valence electrons. The largest absolute Gasteiger partial charge is 0.472 e. The van der Waals surface area contributed by atoms with Crippen LogP contribution in [0.3, 0.4) is 0 Å². The van der Waals surface area contributed by atoms with Gasteiger partial charge >= 0.3 is 39.5 Å². The number of phosphoric acid groups is 2. The maximum Gasteiger partial charge on any atom is 0.472 e. The quantitative estimate of drug-likeness (QED) is 0.0222. The van der Waals surface area contributed by atoms with E-state index >= 15 is 0 Å². The van der Waals surface area contributed by atoms with Crippen LogP contribution in [-0.2, 0) is 65.4 Å². The Labute approximate surface area is 613 Å². The van der Waals surface area contributed by atoms with E-state index in [0.717, 1.165) is 102 Å². The summed E-state index contributed by atoms with van der Waals surface area (Å²) < 4.78 is 68.7. The number of unbranched alkanes of at least 4 members (excludes halogenated alkanes) is 50. The highest BCUT2D eigenvalue weighted by atomic mass is 31.2. The van der Waals surface area contributed by atoms with Crippen LogP contribution in [0.25, 0.3) is 0 Å². The maximum atomic E-state index is 13.1. The van der Waals surface area contributed by atoms with Gasteiger partial charge in [0.05, 0.1) is 26.4 Å². The maximum absolute atomic E-state index is 13.1. The molecule has 0 radical (unpaired) electrons. The summed E-state index contributed by atoms with van der Waals surface area (Å²) in [6, 6.07) is 0. The van der Waals surface area contributed by atoms with Gasteiger partial charge < -0.3 is 33.8 Å². The smallest absolute Gasteiger partial charge is 0.462 e. The van der Waals surface area contributed by atoms with Crippen LogP contribution < -0.4 is 0 Å². The summed E-state index contributed by atoms with van der Waals surface area (Å²) in [6.07, 6.45) is 62.4. The molecule has 3 N–H and O–H groups in total. The molecule has 0 amide bonds. The lowest BCUT2D eigenvalue weighted by atomic mass is 10.0. The van der Waals surface area contributed by atoms with E-state index in [1.54, 1.807) is 0 Å². The lowest BCUT2D eigenvalue weighted by Gasteiger charge is -2.21. The molecule has 0 aliphatic rings. The standard InChI is InChI=1S/C81H158O17P2/c1-7-9-11-13-15-17-18-19-29-35-41-47-53-59-65-80(85)97-76(69-91-78(83)63-57-51-45-37-16-14-12-10-8-2)71-95-99(87,88)93-67-75(82)68-94-100(89,90)96-72-77(70-92-79(84)64-58-52-46-40-34-31-26-28-33-39-44-50-56-62-74(5)6)98-81(86)66-60-54-48-42-36-30-25-23-21-20-22-24-27-32-38-43-49-55-61-73(3)4/h73-77,82H,7-72H2,1-6H3,(H,87,88)(H,89,90)/t75-,76+,77+/m0/s1. The number of hydrogen-bond acceptors (Lipinski definition) is 15. The third kappa shape index (κ3) is 74.3. The number of hydrogen-bond donors (Lipinski definition) is 3. The van der Waals surface area contributed by atoms with Gasteiger partial charge in [-0.2, -0.15) is 0 Å². The number of aliphatic hydroxyl groups excluding tert-OH is 1. The van der Waals surface area contributed by atoms with Crippen molar-refractivity contribution in [2.45, 2.75) is 445 Å². The Hall–Kier alpha value is -1.94. The Bertz CT molecular complexity index is 1920. The van der Waals surface area contributed by atoms with Crippen molar-refractivity contribution >= 4 is 39.5 Å². The summed E-state index contributed by atoms with van der Waals surface area (Å²) in [6.45, 7) is 9.68. The minimum absolute atomic E-state index is 0.108. The molecule has 19 heteroatoms. The number of carbonyl (C=O) groups is 4. The molecule has 0 rings (SSSR count). The zero-order valence-corrected chi connectivity index (χ0v) is 67.3. The molecule has 0 heterocycles. The first-order valence-electron chi connectivity index (χ1n) is 42.0. The van der Waals surface area contributed by atoms with Crippen LogP contribution in [0, 0.1) is 11.8 Å². The number of ether oxygens (including phenoxy) is 4. The van der Waals surface area contributed by atoms with Crippen LogP contribution in [0.5, 0.6) is 0 Å². The van der Waals surface area contributed by atoms with Gasteiger partial charge in [0.1, 0.15) is 19.3 Å². The summed E-state index contributed by atoms with van der Waals surface area (Å²) in [5.74, 6) is -0.497. The van der Waals surface area contributed by atoms with Gasteiger partial charge in [0, 0.05) is 25.7 Å². The second-order valence-corrected chi connectivity index (χ2v) is 33.0. The summed E-state index contributed by atoms with van der Waals surface area (Å²) in [5, 5.41) is 10.6. The molecule has 0 aromatic rings. The average molecular weight is 1470 g/mol. The first kappa shape index (κ1) is 98.1. The molecule has 0 saturated carbocycles. The molecule has 0 saturated heterocycles. The molecule has 0 aromatic heterocycles. The van der Waals surface area contributed by atoms with Crippen molar-refractivity contribution in [1.29, 1.82) is 0 Å². The minimum Gasteiger partial charge on any atom is -0.462 e. The van der Waals surface area contributed by atoms with E-state index in [4.69, 9.17) is 37.0 Å². The summed E-state index contributed by atoms with van der Waals surface area (Å²) in [5.41, 5.74) is 0. The van der Waals surface area contributed by atoms with Crippen molar-refractivity contribution in [2.75, 3.05) is 39.6 Å². The van der Waals surface area contributed by atoms with Crippen LogP contribution in [-0.4, -0.2) is 96.7 Å². The third-order valence-corrected chi connectivity index (χ3v) is 20.9. The summed E-state index contributed by atoms with van der Waals surface area (Å²) in [7, 11) is -9.92. The Kier molecular flexibility index (Phi) is 71.2. The van der Waals surface area contributed by atoms with Crippen LogP contribution in [0.4, 0.5) is 0 Å². The van der Waals surface area contributed by atoms with Crippen molar-refractivity contribution in [2.24, 2.45) is 11.8 Å². The molecule has 0 aliphatic heterocycles. The van der Waals surface area contributed by atoms with Crippen LogP contribution in [0.15, 0.2) is 0 Å². The lowest BCUT2D eigenvalue weighted by molar-refractivity contribution is -0.161. The monoisotopic (exact) mass is 1470 g/mol. The minimum atomic E-state index is -4.96. The van der Waals surface area contributed by atoms with E-state index in [-0.39, 0.29) is 25.7 Å². The predicted octanol–water partition coefficient (Wildman–Crippen LogP) is 24.3. The molecule has 0 spiro atoms. The summed E-state index contributed by atoms with van der Waals surface area (Å²) in [4.78, 5) is 73.0. The van der Waals surface area contributed by atoms with Crippen molar-refractivity contribution in [3.8, 4) is 0 Å². The van der Waals surface area contributed by atoms with Crippen LogP contribution in [0.1, 0.15) is 427 Å². The van der Waals surface area contributed by atoms with Gasteiger partial charge in [-0.15, -0.1) is 0 Å². The molecular weight excluding hydrogens is 1310 g/mol. The Morgan fingerprint density at radius 2 is 0.460 bits per heavy atom. The van der Waals surface area contributed by atoms with Gasteiger partial charge in [0.2, 0.25) is 0 Å². The molecule has 2 unspecified atom stereocenters. The zero-order valence-electron chi connectivity index (χ0n) is 65.5. The Morgan fingerprint density at radius 3 is 0.680 bits per heavy atom. The third-order valence-electron chi connectivity index (χ3n) is 19.0. The first-order chi connectivity index (χ1) is 48.4. The number of esters is 4. The normalized spacial score (nSPS) is 13.9. The van der Waals surface area contributed by atoms with E-state index in [2.05, 4.69) is 41.5 Å². The zero-order chi connectivity index (χ0) is 73.5. The second kappa shape index (κ2) is 72.6. The van der Waals surface area contributed by atoms with Gasteiger partial charge in [-0.05, 0) is 37.5 Å². The molecule has 0 bridgehead atoms. The van der Waals surface area contributed by atoms with Gasteiger partial charge in [-0.25, -0.2) is 9.13 Å². The second-order valence-electron chi connectivity index (χ2n) is 30.1. The highest BCUT2D eigenvalue weighted by molar-refractivity contribution is 7.47. The molecule has 0 aromatic carbocycles. The summed E-state index contributed by atoms with van der Waals surface area (Å²) >= 11 is 0. The van der Waals surface area contributed by atoms with Crippen molar-refractivity contribution < 1.29 is 80.2 Å². The van der Waals surface area contributed by atoms with Gasteiger partial charge in [-0.3, -0.25) is 37.3 Å². The van der Waals surface area contributed by atoms with E-state index in [1.165, 1.54) is 244 Å². The highest BCUT2D eigenvalue weighted by Gasteiger charge is 2.30. The van der Waals surface area contributed by atoms with E-state index < -0.39 is 97.5 Å². The Morgan fingerprint density at radius 1 is 0.270 bits per heavy atom. The van der Waals surface area contributed by atoms with Crippen LogP contribution in [0.2, 0.25) is 0 Å². The van der Waals surface area contributed by atoms with E-state index in [0.29, 0.717) is 25.7 Å². The SMILES string of the molecule is CCCCCCCCCCCCCCCCC(=O)O[C@H](COC(=O)CCCCCCCCCCC)COP(=O)(O)OC[C@H](O)COP(=O)(O)OC[C@@H](COC(=O)CCCCCCCCCCCCCCCC(C)C)OC(=O)CCCCCCCCCCCCCCCCCCCCC(C)C. The van der Waals surface area contributed by atoms with Crippen LogP contribution >= 0.6 is 15.6 Å². The van der Waals surface area contributed by atoms with E-state index in [1.807, 2.05) is 0 Å². The van der Waals surface area contributed by atoms with Gasteiger partial charge in [0.25, 0.3) is 0 Å². The first-order valence-corrected chi connectivity index (χ1v) is 45.0. The number of carbonyl (C=O) groups excluding carboxylic acids is 4. The van der Waals surface area contributed by atoms with Crippen molar-refractivity contribution in [3.63, 3.8) is 0 Å². The molecule has 100 heavy (non-hydrogen) atoms. The highest BCUT2D eigenvalue weighted by Crippen LogP contribution is 2.45. The van der Waals surface area contributed by atoms with Gasteiger partial charge in [-0.1, -0.05) is 375 Å². The van der Waals surface area contributed by atoms with Gasteiger partial charge in [0.15, 0.2) is 12.2 Å². The van der Waals surface area contributed by atoms with E-state index in [9.17, 15) is 43.2 Å². The van der Waals surface area contributed by atoms with Crippen molar-refractivity contribution in [1.82, 2.24) is 0 Å². The topological polar surface area (TPSA) is 237 Å². The van der Waals surface area contributed by atoms with Crippen molar-refractivity contribution in [3.05, 3.63) is 0 Å².